The van der Waals surface area contributed by atoms with Crippen LogP contribution in [0.4, 0.5) is 0 Å². The van der Waals surface area contributed by atoms with Gasteiger partial charge in [-0.25, -0.2) is 0 Å². The zero-order valence-corrected chi connectivity index (χ0v) is 8.84. The summed E-state index contributed by atoms with van der Waals surface area (Å²) < 4.78 is 5.71. The molecule has 1 N–H and O–H groups in total. The van der Waals surface area contributed by atoms with Crippen molar-refractivity contribution in [3.05, 3.63) is 28.8 Å². The molecule has 0 aromatic heterocycles. The molecule has 1 aliphatic heterocycles. The quantitative estimate of drug-likeness (QED) is 0.775. The van der Waals surface area contributed by atoms with Crippen LogP contribution in [-0.4, -0.2) is 17.3 Å². The third-order valence-electron chi connectivity index (χ3n) is 2.64. The number of aliphatic hydroxyl groups is 1. The van der Waals surface area contributed by atoms with Crippen molar-refractivity contribution in [2.24, 2.45) is 0 Å². The number of hydrogen-bond acceptors (Lipinski definition) is 2. The molecule has 1 heterocycles. The molecule has 0 bridgehead atoms. The van der Waals surface area contributed by atoms with Crippen LogP contribution in [0, 0.1) is 0 Å². The number of ether oxygens (including phenoxy) is 1. The van der Waals surface area contributed by atoms with Crippen molar-refractivity contribution >= 4 is 11.6 Å². The second-order valence-corrected chi connectivity index (χ2v) is 4.40. The van der Waals surface area contributed by atoms with Gasteiger partial charge in [0.2, 0.25) is 0 Å². The number of aryl methyl sites for hydroxylation is 1. The molecular formula is C11H13ClO2. The van der Waals surface area contributed by atoms with Crippen molar-refractivity contribution in [1.82, 2.24) is 0 Å². The topological polar surface area (TPSA) is 29.5 Å². The monoisotopic (exact) mass is 212 g/mol. The molecule has 1 unspecified atom stereocenters. The largest absolute Gasteiger partial charge is 0.485 e. The van der Waals surface area contributed by atoms with E-state index in [1.807, 2.05) is 25.1 Å². The Morgan fingerprint density at radius 1 is 1.57 bits per heavy atom. The number of halogens is 1. The maximum atomic E-state index is 9.19. The minimum Gasteiger partial charge on any atom is -0.485 e. The summed E-state index contributed by atoms with van der Waals surface area (Å²) in [5.74, 6) is 0.806. The highest BCUT2D eigenvalue weighted by atomic mass is 35.5. The summed E-state index contributed by atoms with van der Waals surface area (Å²) in [5, 5.41) is 9.86. The smallest absolute Gasteiger partial charge is 0.129 e. The van der Waals surface area contributed by atoms with Gasteiger partial charge in [-0.2, -0.15) is 0 Å². The summed E-state index contributed by atoms with van der Waals surface area (Å²) in [6.07, 6.45) is 1.78. The Kier molecular flexibility index (Phi) is 2.41. The lowest BCUT2D eigenvalue weighted by atomic mass is 9.93. The first kappa shape index (κ1) is 9.81. The normalized spacial score (nSPS) is 25.4. The first-order valence-corrected chi connectivity index (χ1v) is 5.09. The number of fused-ring (bicyclic) bond motifs is 1. The Hall–Kier alpha value is -0.730. The van der Waals surface area contributed by atoms with Gasteiger partial charge < -0.3 is 9.84 Å². The average molecular weight is 213 g/mol. The van der Waals surface area contributed by atoms with Gasteiger partial charge in [0.05, 0.1) is 6.61 Å². The molecule has 3 heteroatoms. The molecule has 1 aromatic rings. The molecule has 0 amide bonds. The molecule has 76 valence electrons. The molecule has 14 heavy (non-hydrogen) atoms. The number of benzene rings is 1. The van der Waals surface area contributed by atoms with Gasteiger partial charge in [-0.3, -0.25) is 0 Å². The first-order chi connectivity index (χ1) is 6.63. The molecule has 1 atom stereocenters. The lowest BCUT2D eigenvalue weighted by Gasteiger charge is -2.34. The van der Waals surface area contributed by atoms with E-state index in [9.17, 15) is 5.11 Å². The highest BCUT2D eigenvalue weighted by Crippen LogP contribution is 2.34. The molecule has 0 spiro atoms. The second-order valence-electron chi connectivity index (χ2n) is 3.96. The Balaban J connectivity index is 2.33. The fraction of sp³-hybridized carbons (Fsp3) is 0.455. The highest BCUT2D eigenvalue weighted by Gasteiger charge is 2.30. The molecule has 0 aliphatic carbocycles. The van der Waals surface area contributed by atoms with Gasteiger partial charge >= 0.3 is 0 Å². The highest BCUT2D eigenvalue weighted by molar-refractivity contribution is 6.30. The number of rotatable bonds is 1. The van der Waals surface area contributed by atoms with Gasteiger partial charge in [-0.1, -0.05) is 17.7 Å². The minimum absolute atomic E-state index is 0.0406. The maximum Gasteiger partial charge on any atom is 0.129 e. The average Bonchev–Trinajstić information content (AvgIpc) is 2.17. The standard InChI is InChI=1S/C11H13ClO2/c1-11(7-13)5-4-8-2-3-9(12)6-10(8)14-11/h2-3,6,13H,4-5,7H2,1H3. The zero-order chi connectivity index (χ0) is 10.2. The molecular weight excluding hydrogens is 200 g/mol. The molecule has 2 rings (SSSR count). The van der Waals surface area contributed by atoms with Crippen molar-refractivity contribution in [1.29, 1.82) is 0 Å². The van der Waals surface area contributed by atoms with E-state index in [-0.39, 0.29) is 6.61 Å². The van der Waals surface area contributed by atoms with Gasteiger partial charge in [0.25, 0.3) is 0 Å². The third kappa shape index (κ3) is 1.72. The molecule has 0 saturated heterocycles. The molecule has 1 aliphatic rings. The summed E-state index contributed by atoms with van der Waals surface area (Å²) in [5.41, 5.74) is 0.720. The van der Waals surface area contributed by atoms with Crippen molar-refractivity contribution in [2.75, 3.05) is 6.61 Å². The van der Waals surface area contributed by atoms with Crippen LogP contribution in [0.15, 0.2) is 18.2 Å². The van der Waals surface area contributed by atoms with Gasteiger partial charge in [-0.05, 0) is 37.5 Å². The predicted molar refractivity (Wildman–Crippen MR) is 55.9 cm³/mol. The van der Waals surface area contributed by atoms with Crippen LogP contribution in [0.3, 0.4) is 0 Å². The molecule has 1 aromatic carbocycles. The van der Waals surface area contributed by atoms with Crippen molar-refractivity contribution in [3.8, 4) is 5.75 Å². The summed E-state index contributed by atoms with van der Waals surface area (Å²) in [7, 11) is 0. The fourth-order valence-corrected chi connectivity index (χ4v) is 1.82. The summed E-state index contributed by atoms with van der Waals surface area (Å²) in [4.78, 5) is 0. The van der Waals surface area contributed by atoms with E-state index in [4.69, 9.17) is 16.3 Å². The molecule has 0 fully saturated rings. The molecule has 2 nitrogen and oxygen atoms in total. The lowest BCUT2D eigenvalue weighted by molar-refractivity contribution is 0.00810. The van der Waals surface area contributed by atoms with Crippen LogP contribution >= 0.6 is 11.6 Å². The Bertz CT molecular complexity index is 351. The van der Waals surface area contributed by atoms with E-state index in [1.165, 1.54) is 5.56 Å². The van der Waals surface area contributed by atoms with Crippen LogP contribution < -0.4 is 4.74 Å². The van der Waals surface area contributed by atoms with Crippen LogP contribution in [0.2, 0.25) is 5.02 Å². The van der Waals surface area contributed by atoms with E-state index in [0.29, 0.717) is 5.02 Å². The molecule has 0 saturated carbocycles. The number of hydrogen-bond donors (Lipinski definition) is 1. The minimum atomic E-state index is -0.447. The number of aliphatic hydroxyl groups excluding tert-OH is 1. The Morgan fingerprint density at radius 3 is 3.07 bits per heavy atom. The van der Waals surface area contributed by atoms with E-state index >= 15 is 0 Å². The summed E-state index contributed by atoms with van der Waals surface area (Å²) in [6.45, 7) is 1.95. The predicted octanol–water partition coefficient (Wildman–Crippen LogP) is 2.42. The van der Waals surface area contributed by atoms with Crippen LogP contribution in [0.1, 0.15) is 18.9 Å². The van der Waals surface area contributed by atoms with E-state index in [1.54, 1.807) is 0 Å². The van der Waals surface area contributed by atoms with Crippen LogP contribution in [-0.2, 0) is 6.42 Å². The third-order valence-corrected chi connectivity index (χ3v) is 2.88. The van der Waals surface area contributed by atoms with Gasteiger partial charge in [-0.15, -0.1) is 0 Å². The van der Waals surface area contributed by atoms with Gasteiger partial charge in [0.15, 0.2) is 0 Å². The molecule has 0 radical (unpaired) electrons. The van der Waals surface area contributed by atoms with Crippen molar-refractivity contribution in [2.45, 2.75) is 25.4 Å². The Morgan fingerprint density at radius 2 is 2.36 bits per heavy atom. The zero-order valence-electron chi connectivity index (χ0n) is 8.09. The Labute approximate surface area is 88.5 Å². The summed E-state index contributed by atoms with van der Waals surface area (Å²) >= 11 is 5.87. The van der Waals surface area contributed by atoms with E-state index < -0.39 is 5.60 Å². The van der Waals surface area contributed by atoms with Crippen molar-refractivity contribution < 1.29 is 9.84 Å². The van der Waals surface area contributed by atoms with Crippen LogP contribution in [0.25, 0.3) is 0 Å². The van der Waals surface area contributed by atoms with Gasteiger partial charge in [0.1, 0.15) is 11.4 Å². The summed E-state index contributed by atoms with van der Waals surface area (Å²) in [6, 6.07) is 5.66. The lowest BCUT2D eigenvalue weighted by Crippen LogP contribution is -2.39. The first-order valence-electron chi connectivity index (χ1n) is 4.71. The fourth-order valence-electron chi connectivity index (χ4n) is 1.66. The second kappa shape index (κ2) is 3.44. The van der Waals surface area contributed by atoms with Crippen molar-refractivity contribution in [3.63, 3.8) is 0 Å². The van der Waals surface area contributed by atoms with Gasteiger partial charge in [0, 0.05) is 5.02 Å². The SMILES string of the molecule is CC1(CO)CCc2ccc(Cl)cc2O1. The van der Waals surface area contributed by atoms with E-state index in [2.05, 4.69) is 0 Å². The maximum absolute atomic E-state index is 9.19. The van der Waals surface area contributed by atoms with E-state index in [0.717, 1.165) is 18.6 Å². The van der Waals surface area contributed by atoms with Crippen LogP contribution in [0.5, 0.6) is 5.75 Å².